The summed E-state index contributed by atoms with van der Waals surface area (Å²) in [6.45, 7) is 5.89. The normalized spacial score (nSPS) is 11.2. The van der Waals surface area contributed by atoms with Crippen LogP contribution in [0.15, 0.2) is 54.6 Å². The number of aromatic nitrogens is 2. The number of hydrogen-bond donors (Lipinski definition) is 2. The van der Waals surface area contributed by atoms with Crippen molar-refractivity contribution < 1.29 is 18.7 Å². The van der Waals surface area contributed by atoms with Gasteiger partial charge in [0.1, 0.15) is 11.4 Å². The number of halogens is 1. The van der Waals surface area contributed by atoms with Crippen molar-refractivity contribution >= 4 is 17.7 Å². The number of benzene rings is 2. The van der Waals surface area contributed by atoms with E-state index in [-0.39, 0.29) is 11.7 Å². The fourth-order valence-electron chi connectivity index (χ4n) is 3.27. The summed E-state index contributed by atoms with van der Waals surface area (Å²) in [5, 5.41) is 9.87. The van der Waals surface area contributed by atoms with Crippen molar-refractivity contribution in [2.24, 2.45) is 0 Å². The second-order valence-electron chi connectivity index (χ2n) is 8.83. The van der Waals surface area contributed by atoms with E-state index < -0.39 is 11.7 Å². The van der Waals surface area contributed by atoms with Crippen LogP contribution < -0.4 is 5.32 Å². The fourth-order valence-corrected chi connectivity index (χ4v) is 3.27. The van der Waals surface area contributed by atoms with Crippen LogP contribution in [0.1, 0.15) is 43.2 Å². The average Bonchev–Trinajstić information content (AvgIpc) is 3.21. The Kier molecular flexibility index (Phi) is 7.48. The molecular weight excluding hydrogens is 423 g/mol. The third-order valence-corrected chi connectivity index (χ3v) is 4.79. The Labute approximate surface area is 193 Å². The van der Waals surface area contributed by atoms with E-state index in [1.54, 1.807) is 69.1 Å². The minimum atomic E-state index is -0.607. The highest BCUT2D eigenvalue weighted by Crippen LogP contribution is 2.19. The number of H-pyrrole nitrogens is 1. The summed E-state index contributed by atoms with van der Waals surface area (Å²) in [5.41, 5.74) is 2.67. The van der Waals surface area contributed by atoms with Gasteiger partial charge in [-0.1, -0.05) is 18.2 Å². The Morgan fingerprint density at radius 1 is 1.12 bits per heavy atom. The third kappa shape index (κ3) is 7.17. The van der Waals surface area contributed by atoms with Gasteiger partial charge in [0.2, 0.25) is 0 Å². The van der Waals surface area contributed by atoms with Crippen molar-refractivity contribution in [1.29, 1.82) is 0 Å². The summed E-state index contributed by atoms with van der Waals surface area (Å²) in [5.74, 6) is -0.449. The molecule has 0 fully saturated rings. The minimum Gasteiger partial charge on any atom is -0.444 e. The number of ether oxygens (including phenoxy) is 1. The zero-order chi connectivity index (χ0) is 24.0. The number of aromatic amines is 1. The molecular formula is C25H29FN4O3. The minimum absolute atomic E-state index is 0.145. The molecule has 33 heavy (non-hydrogen) atoms. The van der Waals surface area contributed by atoms with Crippen molar-refractivity contribution in [3.8, 4) is 11.3 Å². The second-order valence-corrected chi connectivity index (χ2v) is 8.83. The van der Waals surface area contributed by atoms with Crippen molar-refractivity contribution in [3.05, 3.63) is 71.7 Å². The lowest BCUT2D eigenvalue weighted by molar-refractivity contribution is 0.0635. The molecule has 1 heterocycles. The van der Waals surface area contributed by atoms with Gasteiger partial charge in [0.15, 0.2) is 0 Å². The maximum atomic E-state index is 13.4. The van der Waals surface area contributed by atoms with Crippen LogP contribution in [0.3, 0.4) is 0 Å². The lowest BCUT2D eigenvalue weighted by Gasteiger charge is -2.20. The van der Waals surface area contributed by atoms with Gasteiger partial charge in [-0.25, -0.2) is 9.18 Å². The van der Waals surface area contributed by atoms with Gasteiger partial charge < -0.3 is 9.64 Å². The molecule has 0 spiro atoms. The van der Waals surface area contributed by atoms with Crippen LogP contribution in [0.5, 0.6) is 0 Å². The maximum absolute atomic E-state index is 13.4. The van der Waals surface area contributed by atoms with Crippen LogP contribution in [-0.4, -0.2) is 46.3 Å². The SMILES string of the molecule is CN(CCCc1cc(-c2cccc(F)c2)n[nH]1)C(=O)c1cccc(NC(=O)OC(C)(C)C)c1. The van der Waals surface area contributed by atoms with Gasteiger partial charge in [0.05, 0.1) is 5.69 Å². The number of hydrogen-bond acceptors (Lipinski definition) is 4. The molecule has 174 valence electrons. The molecule has 0 atom stereocenters. The lowest BCUT2D eigenvalue weighted by atomic mass is 10.1. The van der Waals surface area contributed by atoms with Gasteiger partial charge in [-0.15, -0.1) is 0 Å². The molecule has 0 aliphatic heterocycles. The van der Waals surface area contributed by atoms with E-state index in [1.807, 2.05) is 6.07 Å². The molecule has 0 aliphatic rings. The summed E-state index contributed by atoms with van der Waals surface area (Å²) >= 11 is 0. The van der Waals surface area contributed by atoms with Crippen LogP contribution in [-0.2, 0) is 11.2 Å². The van der Waals surface area contributed by atoms with Gasteiger partial charge in [-0.3, -0.25) is 15.2 Å². The average molecular weight is 453 g/mol. The molecule has 0 unspecified atom stereocenters. The monoisotopic (exact) mass is 452 g/mol. The molecule has 2 aromatic carbocycles. The number of carbonyl (C=O) groups excluding carboxylic acids is 2. The first kappa shape index (κ1) is 24.0. The maximum Gasteiger partial charge on any atom is 0.412 e. The number of carbonyl (C=O) groups is 2. The van der Waals surface area contributed by atoms with Gasteiger partial charge in [0, 0.05) is 36.1 Å². The molecule has 1 aromatic heterocycles. The number of nitrogens with one attached hydrogen (secondary N) is 2. The van der Waals surface area contributed by atoms with Crippen molar-refractivity contribution in [2.45, 2.75) is 39.2 Å². The first-order valence-corrected chi connectivity index (χ1v) is 10.8. The molecule has 0 bridgehead atoms. The zero-order valence-electron chi connectivity index (χ0n) is 19.3. The second kappa shape index (κ2) is 10.3. The van der Waals surface area contributed by atoms with Crippen molar-refractivity contribution in [2.75, 3.05) is 18.9 Å². The standard InChI is InChI=1S/C25H29FN4O3/c1-25(2,3)33-24(32)27-20-11-6-9-18(15-20)23(31)30(4)13-7-12-21-16-22(29-28-21)17-8-5-10-19(26)14-17/h5-6,8-11,14-16H,7,12-13H2,1-4H3,(H,27,32)(H,28,29). The molecule has 7 nitrogen and oxygen atoms in total. The number of aryl methyl sites for hydroxylation is 1. The van der Waals surface area contributed by atoms with Gasteiger partial charge >= 0.3 is 6.09 Å². The summed E-state index contributed by atoms with van der Waals surface area (Å²) in [7, 11) is 1.74. The molecule has 8 heteroatoms. The Hall–Kier alpha value is -3.68. The van der Waals surface area contributed by atoms with Gasteiger partial charge in [0.25, 0.3) is 5.91 Å². The number of rotatable bonds is 7. The topological polar surface area (TPSA) is 87.3 Å². The van der Waals surface area contributed by atoms with Crippen molar-refractivity contribution in [3.63, 3.8) is 0 Å². The highest BCUT2D eigenvalue weighted by Gasteiger charge is 2.17. The molecule has 2 N–H and O–H groups in total. The molecule has 0 saturated carbocycles. The number of anilines is 1. The van der Waals surface area contributed by atoms with E-state index in [1.165, 1.54) is 12.1 Å². The van der Waals surface area contributed by atoms with Gasteiger partial charge in [-0.2, -0.15) is 5.10 Å². The largest absolute Gasteiger partial charge is 0.444 e. The lowest BCUT2D eigenvalue weighted by Crippen LogP contribution is -2.29. The Bertz CT molecular complexity index is 1120. The first-order chi connectivity index (χ1) is 15.6. The van der Waals surface area contributed by atoms with E-state index in [0.717, 1.165) is 12.1 Å². The third-order valence-electron chi connectivity index (χ3n) is 4.79. The van der Waals surface area contributed by atoms with Crippen LogP contribution in [0.25, 0.3) is 11.3 Å². The summed E-state index contributed by atoms with van der Waals surface area (Å²) in [6, 6.07) is 14.9. The molecule has 0 aliphatic carbocycles. The number of amides is 2. The quantitative estimate of drug-likeness (QED) is 0.511. The van der Waals surface area contributed by atoms with E-state index in [2.05, 4.69) is 15.5 Å². The summed E-state index contributed by atoms with van der Waals surface area (Å²) in [4.78, 5) is 26.4. The molecule has 3 aromatic rings. The number of nitrogens with zero attached hydrogens (tertiary/aromatic N) is 2. The highest BCUT2D eigenvalue weighted by atomic mass is 19.1. The fraction of sp³-hybridized carbons (Fsp3) is 0.320. The Morgan fingerprint density at radius 3 is 2.61 bits per heavy atom. The van der Waals surface area contributed by atoms with Gasteiger partial charge in [-0.05, 0) is 70.0 Å². The van der Waals surface area contributed by atoms with E-state index in [0.29, 0.717) is 35.5 Å². The molecule has 3 rings (SSSR count). The summed E-state index contributed by atoms with van der Waals surface area (Å²) in [6.07, 6.45) is 0.848. The zero-order valence-corrected chi connectivity index (χ0v) is 19.3. The van der Waals surface area contributed by atoms with Crippen LogP contribution in [0, 0.1) is 5.82 Å². The molecule has 0 radical (unpaired) electrons. The summed E-state index contributed by atoms with van der Waals surface area (Å²) < 4.78 is 18.7. The predicted octanol–water partition coefficient (Wildman–Crippen LogP) is 5.27. The molecule has 2 amide bonds. The van der Waals surface area contributed by atoms with Crippen molar-refractivity contribution in [1.82, 2.24) is 15.1 Å². The highest BCUT2D eigenvalue weighted by molar-refractivity contribution is 5.96. The predicted molar refractivity (Wildman–Crippen MR) is 126 cm³/mol. The van der Waals surface area contributed by atoms with Crippen LogP contribution >= 0.6 is 0 Å². The van der Waals surface area contributed by atoms with Crippen LogP contribution in [0.2, 0.25) is 0 Å². The van der Waals surface area contributed by atoms with E-state index >= 15 is 0 Å². The molecule has 0 saturated heterocycles. The van der Waals surface area contributed by atoms with Crippen LogP contribution in [0.4, 0.5) is 14.9 Å². The Balaban J connectivity index is 1.52. The van der Waals surface area contributed by atoms with E-state index in [9.17, 15) is 14.0 Å². The van der Waals surface area contributed by atoms with E-state index in [4.69, 9.17) is 4.74 Å². The Morgan fingerprint density at radius 2 is 1.88 bits per heavy atom. The first-order valence-electron chi connectivity index (χ1n) is 10.8. The smallest absolute Gasteiger partial charge is 0.412 e.